The number of nitro groups is 1. The summed E-state index contributed by atoms with van der Waals surface area (Å²) in [7, 11) is 0. The molecule has 2 amide bonds. The average molecular weight is 398 g/mol. The summed E-state index contributed by atoms with van der Waals surface area (Å²) in [5.41, 5.74) is 0.435. The van der Waals surface area contributed by atoms with Crippen molar-refractivity contribution in [1.29, 1.82) is 0 Å². The van der Waals surface area contributed by atoms with Gasteiger partial charge in [-0.05, 0) is 43.4 Å². The summed E-state index contributed by atoms with van der Waals surface area (Å²) < 4.78 is 0. The Morgan fingerprint density at radius 1 is 1.21 bits per heavy atom. The molecule has 0 atom stereocenters. The number of amides is 2. The Bertz CT molecular complexity index is 897. The highest BCUT2D eigenvalue weighted by Gasteiger charge is 2.24. The van der Waals surface area contributed by atoms with Gasteiger partial charge in [0, 0.05) is 38.1 Å². The number of carbonyl (C=O) groups excluding carboxylic acids is 2. The van der Waals surface area contributed by atoms with Crippen LogP contribution in [0.3, 0.4) is 0 Å². The predicted octanol–water partition coefficient (Wildman–Crippen LogP) is 1.66. The standard InChI is InChI=1S/C19H22N6O4/c1-13-3-4-15(16(11-13)25(28)29)23-18(27)17(26)22-12-14-5-9-24(10-6-14)19-20-7-2-8-21-19/h2-4,7-8,11,14H,5-6,9-10,12H2,1H3,(H,22,26)(H,23,27). The van der Waals surface area contributed by atoms with Gasteiger partial charge in [-0.25, -0.2) is 9.97 Å². The molecule has 0 aliphatic carbocycles. The lowest BCUT2D eigenvalue weighted by atomic mass is 9.97. The van der Waals surface area contributed by atoms with E-state index in [4.69, 9.17) is 0 Å². The smallest absolute Gasteiger partial charge is 0.313 e. The highest BCUT2D eigenvalue weighted by molar-refractivity contribution is 6.39. The third-order valence-electron chi connectivity index (χ3n) is 4.81. The van der Waals surface area contributed by atoms with Crippen molar-refractivity contribution in [3.05, 3.63) is 52.3 Å². The molecule has 10 nitrogen and oxygen atoms in total. The number of piperidine rings is 1. The van der Waals surface area contributed by atoms with E-state index in [1.807, 2.05) is 0 Å². The Morgan fingerprint density at radius 2 is 1.90 bits per heavy atom. The zero-order valence-corrected chi connectivity index (χ0v) is 16.0. The largest absolute Gasteiger partial charge is 0.348 e. The third-order valence-corrected chi connectivity index (χ3v) is 4.81. The highest BCUT2D eigenvalue weighted by Crippen LogP contribution is 2.25. The van der Waals surface area contributed by atoms with E-state index in [2.05, 4.69) is 25.5 Å². The molecule has 1 aromatic carbocycles. The Kier molecular flexibility index (Phi) is 6.32. The van der Waals surface area contributed by atoms with Crippen LogP contribution in [0.1, 0.15) is 18.4 Å². The summed E-state index contributed by atoms with van der Waals surface area (Å²) >= 11 is 0. The Hall–Kier alpha value is -3.56. The Morgan fingerprint density at radius 3 is 2.55 bits per heavy atom. The fourth-order valence-electron chi connectivity index (χ4n) is 3.19. The number of anilines is 2. The van der Waals surface area contributed by atoms with Gasteiger partial charge in [-0.2, -0.15) is 0 Å². The molecule has 1 saturated heterocycles. The predicted molar refractivity (Wildman–Crippen MR) is 106 cm³/mol. The van der Waals surface area contributed by atoms with E-state index in [1.165, 1.54) is 12.1 Å². The molecule has 0 spiro atoms. The van der Waals surface area contributed by atoms with Crippen LogP contribution in [0.25, 0.3) is 0 Å². The summed E-state index contributed by atoms with van der Waals surface area (Å²) in [4.78, 5) is 45.3. The summed E-state index contributed by atoms with van der Waals surface area (Å²) in [6, 6.07) is 6.16. The lowest BCUT2D eigenvalue weighted by Gasteiger charge is -2.31. The number of nitrogens with one attached hydrogen (secondary N) is 2. The molecular formula is C19H22N6O4. The number of aromatic nitrogens is 2. The molecule has 3 rings (SSSR count). The van der Waals surface area contributed by atoms with Gasteiger partial charge < -0.3 is 15.5 Å². The highest BCUT2D eigenvalue weighted by atomic mass is 16.6. The lowest BCUT2D eigenvalue weighted by molar-refractivity contribution is -0.384. The van der Waals surface area contributed by atoms with Gasteiger partial charge in [0.1, 0.15) is 5.69 Å². The van der Waals surface area contributed by atoms with Gasteiger partial charge in [0.2, 0.25) is 5.95 Å². The number of nitrogens with zero attached hydrogens (tertiary/aromatic N) is 4. The first kappa shape index (κ1) is 20.2. The van der Waals surface area contributed by atoms with E-state index in [-0.39, 0.29) is 17.3 Å². The van der Waals surface area contributed by atoms with E-state index in [0.717, 1.165) is 25.9 Å². The SMILES string of the molecule is Cc1ccc(NC(=O)C(=O)NCC2CCN(c3ncccn3)CC2)c([N+](=O)[O-])c1. The van der Waals surface area contributed by atoms with Crippen molar-refractivity contribution in [2.75, 3.05) is 29.9 Å². The number of nitro benzene ring substituents is 1. The van der Waals surface area contributed by atoms with Crippen molar-refractivity contribution < 1.29 is 14.5 Å². The second-order valence-corrected chi connectivity index (χ2v) is 6.92. The molecule has 0 radical (unpaired) electrons. The fourth-order valence-corrected chi connectivity index (χ4v) is 3.19. The van der Waals surface area contributed by atoms with Gasteiger partial charge in [0.05, 0.1) is 4.92 Å². The van der Waals surface area contributed by atoms with Crippen LogP contribution in [-0.4, -0.2) is 46.3 Å². The maximum Gasteiger partial charge on any atom is 0.313 e. The lowest BCUT2D eigenvalue weighted by Crippen LogP contribution is -2.42. The minimum atomic E-state index is -0.924. The quantitative estimate of drug-likeness (QED) is 0.445. The molecule has 0 unspecified atom stereocenters. The summed E-state index contributed by atoms with van der Waals surface area (Å²) in [5, 5.41) is 16.1. The molecule has 0 saturated carbocycles. The molecule has 0 bridgehead atoms. The van der Waals surface area contributed by atoms with E-state index >= 15 is 0 Å². The fraction of sp³-hybridized carbons (Fsp3) is 0.368. The van der Waals surface area contributed by atoms with Crippen LogP contribution in [-0.2, 0) is 9.59 Å². The van der Waals surface area contributed by atoms with Crippen molar-refractivity contribution in [3.63, 3.8) is 0 Å². The van der Waals surface area contributed by atoms with Crippen LogP contribution >= 0.6 is 0 Å². The topological polar surface area (TPSA) is 130 Å². The van der Waals surface area contributed by atoms with Crippen molar-refractivity contribution in [1.82, 2.24) is 15.3 Å². The molecule has 10 heteroatoms. The van der Waals surface area contributed by atoms with Gasteiger partial charge in [-0.15, -0.1) is 0 Å². The first-order valence-corrected chi connectivity index (χ1v) is 9.30. The molecule has 29 heavy (non-hydrogen) atoms. The second kappa shape index (κ2) is 9.09. The molecule has 2 heterocycles. The van der Waals surface area contributed by atoms with E-state index in [1.54, 1.807) is 31.5 Å². The van der Waals surface area contributed by atoms with E-state index in [0.29, 0.717) is 18.1 Å². The third kappa shape index (κ3) is 5.24. The molecule has 1 aliphatic heterocycles. The van der Waals surface area contributed by atoms with Gasteiger partial charge >= 0.3 is 11.8 Å². The molecule has 1 fully saturated rings. The van der Waals surface area contributed by atoms with Crippen LogP contribution < -0.4 is 15.5 Å². The summed E-state index contributed by atoms with van der Waals surface area (Å²) in [6.07, 6.45) is 5.07. The van der Waals surface area contributed by atoms with Crippen LogP contribution in [0, 0.1) is 23.0 Å². The van der Waals surface area contributed by atoms with Crippen LogP contribution in [0.5, 0.6) is 0 Å². The number of hydrogen-bond acceptors (Lipinski definition) is 7. The van der Waals surface area contributed by atoms with Crippen LogP contribution in [0.4, 0.5) is 17.3 Å². The first-order chi connectivity index (χ1) is 13.9. The number of benzene rings is 1. The summed E-state index contributed by atoms with van der Waals surface area (Å²) in [5.74, 6) is -0.810. The normalized spacial score (nSPS) is 14.3. The zero-order chi connectivity index (χ0) is 20.8. The molecule has 152 valence electrons. The molecular weight excluding hydrogens is 376 g/mol. The molecule has 2 aromatic rings. The van der Waals surface area contributed by atoms with E-state index < -0.39 is 16.7 Å². The maximum atomic E-state index is 12.1. The van der Waals surface area contributed by atoms with Gasteiger partial charge in [-0.1, -0.05) is 6.07 Å². The molecule has 2 N–H and O–H groups in total. The van der Waals surface area contributed by atoms with Crippen molar-refractivity contribution >= 4 is 29.1 Å². The average Bonchev–Trinajstić information content (AvgIpc) is 2.74. The van der Waals surface area contributed by atoms with Crippen LogP contribution in [0.15, 0.2) is 36.7 Å². The Labute approximate surface area is 167 Å². The summed E-state index contributed by atoms with van der Waals surface area (Å²) in [6.45, 7) is 3.62. The molecule has 1 aromatic heterocycles. The minimum absolute atomic E-state index is 0.00285. The van der Waals surface area contributed by atoms with Crippen molar-refractivity contribution in [2.24, 2.45) is 5.92 Å². The van der Waals surface area contributed by atoms with Gasteiger partial charge in [-0.3, -0.25) is 19.7 Å². The monoisotopic (exact) mass is 398 g/mol. The van der Waals surface area contributed by atoms with Crippen molar-refractivity contribution in [2.45, 2.75) is 19.8 Å². The first-order valence-electron chi connectivity index (χ1n) is 9.30. The van der Waals surface area contributed by atoms with Gasteiger partial charge in [0.15, 0.2) is 0 Å². The minimum Gasteiger partial charge on any atom is -0.348 e. The zero-order valence-electron chi connectivity index (χ0n) is 16.0. The molecule has 1 aliphatic rings. The van der Waals surface area contributed by atoms with Crippen LogP contribution in [0.2, 0.25) is 0 Å². The van der Waals surface area contributed by atoms with Gasteiger partial charge in [0.25, 0.3) is 5.69 Å². The number of carbonyl (C=O) groups is 2. The number of hydrogen-bond donors (Lipinski definition) is 2. The van der Waals surface area contributed by atoms with E-state index in [9.17, 15) is 19.7 Å². The number of rotatable bonds is 5. The second-order valence-electron chi connectivity index (χ2n) is 6.92. The number of aryl methyl sites for hydroxylation is 1. The maximum absolute atomic E-state index is 12.1. The van der Waals surface area contributed by atoms with Crippen molar-refractivity contribution in [3.8, 4) is 0 Å². The Balaban J connectivity index is 1.48.